The van der Waals surface area contributed by atoms with Crippen molar-refractivity contribution in [3.63, 3.8) is 0 Å². The molecule has 0 aliphatic rings. The number of methoxy groups -OCH3 is 2. The fourth-order valence-electron chi connectivity index (χ4n) is 1.89. The van der Waals surface area contributed by atoms with Crippen molar-refractivity contribution in [3.8, 4) is 0 Å². The monoisotopic (exact) mass is 334 g/mol. The molecule has 0 aliphatic heterocycles. The van der Waals surface area contributed by atoms with Gasteiger partial charge in [0.05, 0.1) is 18.1 Å². The molecule has 0 aromatic heterocycles. The lowest BCUT2D eigenvalue weighted by molar-refractivity contribution is -0.384. The van der Waals surface area contributed by atoms with E-state index in [-0.39, 0.29) is 12.3 Å². The molecule has 6 N–H and O–H groups in total. The first-order valence-corrected chi connectivity index (χ1v) is 7.03. The molecule has 2 rings (SSSR count). The van der Waals surface area contributed by atoms with Gasteiger partial charge in [0.2, 0.25) is 0 Å². The predicted octanol–water partition coefficient (Wildman–Crippen LogP) is 2.32. The van der Waals surface area contributed by atoms with E-state index in [9.17, 15) is 10.1 Å². The summed E-state index contributed by atoms with van der Waals surface area (Å²) < 4.78 is 9.77. The molecule has 2 aromatic rings. The van der Waals surface area contributed by atoms with Crippen LogP contribution in [0.3, 0.4) is 0 Å². The third kappa shape index (κ3) is 5.75. The number of nitrogens with two attached hydrogens (primary N) is 3. The molecule has 8 nitrogen and oxygen atoms in total. The van der Waals surface area contributed by atoms with Crippen molar-refractivity contribution in [2.45, 2.75) is 13.2 Å². The highest BCUT2D eigenvalue weighted by atomic mass is 16.6. The topological polar surface area (TPSA) is 140 Å². The van der Waals surface area contributed by atoms with Crippen LogP contribution in [0.1, 0.15) is 11.1 Å². The van der Waals surface area contributed by atoms with Gasteiger partial charge in [-0.05, 0) is 24.3 Å². The van der Waals surface area contributed by atoms with Crippen LogP contribution in [0.5, 0.6) is 0 Å². The van der Waals surface area contributed by atoms with Crippen LogP contribution < -0.4 is 17.2 Å². The van der Waals surface area contributed by atoms with Gasteiger partial charge >= 0.3 is 0 Å². The highest BCUT2D eigenvalue weighted by Gasteiger charge is 2.08. The molecule has 0 heterocycles. The maximum absolute atomic E-state index is 10.4. The average molecular weight is 334 g/mol. The number of benzene rings is 2. The standard InChI is InChI=1S/C8H10N2O3.C8H12N2O/c1-13-5-6-4-7(10(11)12)2-3-8(6)9;1-11-5-6-4-7(9)2-3-8(6)10/h2-4H,5,9H2,1H3;2-4H,5,9-10H2,1H3. The Morgan fingerprint density at radius 1 is 0.917 bits per heavy atom. The van der Waals surface area contributed by atoms with E-state index in [0.29, 0.717) is 23.5 Å². The number of nitrogen functional groups attached to an aromatic ring is 3. The first-order chi connectivity index (χ1) is 11.4. The smallest absolute Gasteiger partial charge is 0.269 e. The number of hydrogen-bond donors (Lipinski definition) is 3. The van der Waals surface area contributed by atoms with Crippen LogP contribution in [-0.4, -0.2) is 19.1 Å². The number of nitrogens with zero attached hydrogens (tertiary/aromatic N) is 1. The van der Waals surface area contributed by atoms with Crippen molar-refractivity contribution >= 4 is 22.7 Å². The molecule has 130 valence electrons. The van der Waals surface area contributed by atoms with Crippen molar-refractivity contribution in [1.82, 2.24) is 0 Å². The summed E-state index contributed by atoms with van der Waals surface area (Å²) in [6.45, 7) is 0.796. The molecule has 0 saturated heterocycles. The lowest BCUT2D eigenvalue weighted by Gasteiger charge is -2.04. The van der Waals surface area contributed by atoms with Gasteiger partial charge in [-0.3, -0.25) is 10.1 Å². The summed E-state index contributed by atoms with van der Waals surface area (Å²) in [5, 5.41) is 10.4. The second kappa shape index (κ2) is 9.33. The van der Waals surface area contributed by atoms with Crippen LogP contribution in [0.15, 0.2) is 36.4 Å². The van der Waals surface area contributed by atoms with Crippen molar-refractivity contribution in [1.29, 1.82) is 0 Å². The summed E-state index contributed by atoms with van der Waals surface area (Å²) in [5.74, 6) is 0. The molecule has 0 aliphatic carbocycles. The Morgan fingerprint density at radius 3 is 1.92 bits per heavy atom. The van der Waals surface area contributed by atoms with Crippen molar-refractivity contribution in [2.75, 3.05) is 31.4 Å². The van der Waals surface area contributed by atoms with Gasteiger partial charge in [-0.25, -0.2) is 0 Å². The molecule has 24 heavy (non-hydrogen) atoms. The predicted molar refractivity (Wildman–Crippen MR) is 94.2 cm³/mol. The minimum atomic E-state index is -0.460. The summed E-state index contributed by atoms with van der Waals surface area (Å²) in [7, 11) is 3.14. The Morgan fingerprint density at radius 2 is 1.42 bits per heavy atom. The largest absolute Gasteiger partial charge is 0.399 e. The summed E-state index contributed by atoms with van der Waals surface area (Å²) >= 11 is 0. The van der Waals surface area contributed by atoms with E-state index in [0.717, 1.165) is 11.3 Å². The lowest BCUT2D eigenvalue weighted by Crippen LogP contribution is -1.97. The van der Waals surface area contributed by atoms with Crippen molar-refractivity contribution in [2.24, 2.45) is 0 Å². The van der Waals surface area contributed by atoms with Gasteiger partial charge in [0.15, 0.2) is 0 Å². The number of nitro groups is 1. The van der Waals surface area contributed by atoms with E-state index in [1.54, 1.807) is 19.2 Å². The summed E-state index contributed by atoms with van der Waals surface area (Å²) in [6, 6.07) is 9.66. The molecule has 0 amide bonds. The fraction of sp³-hybridized carbons (Fsp3) is 0.250. The van der Waals surface area contributed by atoms with Crippen LogP contribution in [0.4, 0.5) is 22.7 Å². The van der Waals surface area contributed by atoms with Crippen LogP contribution >= 0.6 is 0 Å². The van der Waals surface area contributed by atoms with Gasteiger partial charge in [-0.1, -0.05) is 0 Å². The van der Waals surface area contributed by atoms with Crippen LogP contribution in [0.25, 0.3) is 0 Å². The molecule has 2 aromatic carbocycles. The Kier molecular flexibility index (Phi) is 7.47. The van der Waals surface area contributed by atoms with Gasteiger partial charge in [0.1, 0.15) is 0 Å². The summed E-state index contributed by atoms with van der Waals surface area (Å²) in [4.78, 5) is 9.93. The molecule has 0 bridgehead atoms. The molecule has 8 heteroatoms. The number of anilines is 3. The quantitative estimate of drug-likeness (QED) is 0.433. The van der Waals surface area contributed by atoms with Gasteiger partial charge < -0.3 is 26.7 Å². The molecule has 0 saturated carbocycles. The van der Waals surface area contributed by atoms with Crippen molar-refractivity contribution < 1.29 is 14.4 Å². The fourth-order valence-corrected chi connectivity index (χ4v) is 1.89. The zero-order valence-corrected chi connectivity index (χ0v) is 13.7. The number of non-ortho nitro benzene ring substituents is 1. The molecular weight excluding hydrogens is 312 g/mol. The van der Waals surface area contributed by atoms with E-state index in [2.05, 4.69) is 0 Å². The molecule has 0 unspecified atom stereocenters. The highest BCUT2D eigenvalue weighted by molar-refractivity contribution is 5.55. The van der Waals surface area contributed by atoms with E-state index in [1.165, 1.54) is 25.3 Å². The first-order valence-electron chi connectivity index (χ1n) is 7.03. The van der Waals surface area contributed by atoms with Crippen LogP contribution in [-0.2, 0) is 22.7 Å². The van der Waals surface area contributed by atoms with Crippen molar-refractivity contribution in [3.05, 3.63) is 57.6 Å². The highest BCUT2D eigenvalue weighted by Crippen LogP contribution is 2.20. The number of hydrogen-bond acceptors (Lipinski definition) is 7. The maximum atomic E-state index is 10.4. The van der Waals surface area contributed by atoms with Gasteiger partial charge in [-0.2, -0.15) is 0 Å². The summed E-state index contributed by atoms with van der Waals surface area (Å²) in [5.41, 5.74) is 20.3. The third-order valence-corrected chi connectivity index (χ3v) is 3.10. The van der Waals surface area contributed by atoms with Gasteiger partial charge in [0.25, 0.3) is 5.69 Å². The summed E-state index contributed by atoms with van der Waals surface area (Å²) in [6.07, 6.45) is 0. The molecule has 0 fully saturated rings. The van der Waals surface area contributed by atoms with E-state index in [4.69, 9.17) is 26.7 Å². The molecule has 0 atom stereocenters. The lowest BCUT2D eigenvalue weighted by atomic mass is 10.2. The second-order valence-electron chi connectivity index (χ2n) is 4.96. The molecule has 0 radical (unpaired) electrons. The normalized spacial score (nSPS) is 9.92. The SMILES string of the molecule is COCc1cc(N)ccc1N.COCc1cc([N+](=O)[O-])ccc1N. The molecule has 0 spiro atoms. The van der Waals surface area contributed by atoms with E-state index < -0.39 is 4.92 Å². The molecular formula is C16H22N4O4. The number of rotatable bonds is 5. The third-order valence-electron chi connectivity index (χ3n) is 3.10. The van der Waals surface area contributed by atoms with Crippen LogP contribution in [0.2, 0.25) is 0 Å². The number of ether oxygens (including phenoxy) is 2. The van der Waals surface area contributed by atoms with E-state index in [1.807, 2.05) is 6.07 Å². The minimum Gasteiger partial charge on any atom is -0.399 e. The van der Waals surface area contributed by atoms with Crippen LogP contribution in [0, 0.1) is 10.1 Å². The zero-order valence-electron chi connectivity index (χ0n) is 13.7. The Labute approximate surface area is 140 Å². The number of nitro benzene ring substituents is 1. The Bertz CT molecular complexity index is 692. The van der Waals surface area contributed by atoms with Gasteiger partial charge in [-0.15, -0.1) is 0 Å². The average Bonchev–Trinajstić information content (AvgIpc) is 2.54. The van der Waals surface area contributed by atoms with E-state index >= 15 is 0 Å². The van der Waals surface area contributed by atoms with Gasteiger partial charge in [0, 0.05) is 54.5 Å². The Hall–Kier alpha value is -2.84. The Balaban J connectivity index is 0.000000243. The maximum Gasteiger partial charge on any atom is 0.269 e. The second-order valence-corrected chi connectivity index (χ2v) is 4.96. The first kappa shape index (κ1) is 19.2. The minimum absolute atomic E-state index is 0.0289. The zero-order chi connectivity index (χ0) is 18.1.